The molecule has 21 heavy (non-hydrogen) atoms. The van der Waals surface area contributed by atoms with Gasteiger partial charge in [0, 0.05) is 37.2 Å². The van der Waals surface area contributed by atoms with Gasteiger partial charge in [0.1, 0.15) is 0 Å². The highest BCUT2D eigenvalue weighted by molar-refractivity contribution is 6.31. The maximum Gasteiger partial charge on any atom is 0.0438 e. The molecule has 2 nitrogen and oxygen atoms in total. The predicted octanol–water partition coefficient (Wildman–Crippen LogP) is 4.40. The number of piperazine rings is 1. The summed E-state index contributed by atoms with van der Waals surface area (Å²) in [6.07, 6.45) is 4.16. The summed E-state index contributed by atoms with van der Waals surface area (Å²) in [5.41, 5.74) is 2.48. The summed E-state index contributed by atoms with van der Waals surface area (Å²) < 4.78 is 0. The zero-order chi connectivity index (χ0) is 13.7. The Morgan fingerprint density at radius 3 is 2.57 bits per heavy atom. The van der Waals surface area contributed by atoms with Crippen LogP contribution in [0, 0.1) is 6.92 Å². The molecule has 0 amide bonds. The molecule has 1 atom stereocenters. The topological polar surface area (TPSA) is 15.3 Å². The van der Waals surface area contributed by atoms with E-state index in [0.29, 0.717) is 6.04 Å². The SMILES string of the molecule is C=CCC[C@@H](c1ccc(C)c(Cl)c1)N1CCNCC1.Cl.Cl. The lowest BCUT2D eigenvalue weighted by Gasteiger charge is -2.35. The molecule has 0 unspecified atom stereocenters. The van der Waals surface area contributed by atoms with Gasteiger partial charge >= 0.3 is 0 Å². The normalized spacial score (nSPS) is 16.5. The van der Waals surface area contributed by atoms with Gasteiger partial charge in [-0.1, -0.05) is 29.8 Å². The van der Waals surface area contributed by atoms with Gasteiger partial charge in [0.2, 0.25) is 0 Å². The Morgan fingerprint density at radius 1 is 1.33 bits per heavy atom. The summed E-state index contributed by atoms with van der Waals surface area (Å²) in [6, 6.07) is 6.93. The third-order valence-electron chi connectivity index (χ3n) is 3.82. The molecule has 1 aliphatic rings. The molecular weight excluding hydrogens is 327 g/mol. The number of rotatable bonds is 5. The van der Waals surface area contributed by atoms with Crippen molar-refractivity contribution in [2.45, 2.75) is 25.8 Å². The van der Waals surface area contributed by atoms with Crippen molar-refractivity contribution >= 4 is 36.4 Å². The van der Waals surface area contributed by atoms with Gasteiger partial charge in [-0.3, -0.25) is 4.90 Å². The van der Waals surface area contributed by atoms with Crippen LogP contribution in [0.25, 0.3) is 0 Å². The highest BCUT2D eigenvalue weighted by Crippen LogP contribution is 2.29. The molecule has 1 heterocycles. The van der Waals surface area contributed by atoms with Gasteiger partial charge in [0.25, 0.3) is 0 Å². The lowest BCUT2D eigenvalue weighted by Crippen LogP contribution is -2.45. The molecule has 1 aromatic carbocycles. The predicted molar refractivity (Wildman–Crippen MR) is 97.3 cm³/mol. The van der Waals surface area contributed by atoms with E-state index in [1.54, 1.807) is 0 Å². The smallest absolute Gasteiger partial charge is 0.0438 e. The summed E-state index contributed by atoms with van der Waals surface area (Å²) in [7, 11) is 0. The van der Waals surface area contributed by atoms with E-state index in [1.165, 1.54) is 5.56 Å². The minimum absolute atomic E-state index is 0. The first kappa shape index (κ1) is 20.8. The van der Waals surface area contributed by atoms with E-state index in [-0.39, 0.29) is 24.8 Å². The van der Waals surface area contributed by atoms with Crippen LogP contribution in [0.4, 0.5) is 0 Å². The van der Waals surface area contributed by atoms with Crippen LogP contribution in [0.3, 0.4) is 0 Å². The Bertz CT molecular complexity index is 432. The van der Waals surface area contributed by atoms with Crippen molar-refractivity contribution in [2.24, 2.45) is 0 Å². The Morgan fingerprint density at radius 2 is 2.00 bits per heavy atom. The van der Waals surface area contributed by atoms with Crippen molar-refractivity contribution in [1.82, 2.24) is 10.2 Å². The number of hydrogen-bond donors (Lipinski definition) is 1. The van der Waals surface area contributed by atoms with E-state index < -0.39 is 0 Å². The molecule has 0 aliphatic carbocycles. The molecule has 0 radical (unpaired) electrons. The van der Waals surface area contributed by atoms with Crippen LogP contribution < -0.4 is 5.32 Å². The van der Waals surface area contributed by atoms with Crippen LogP contribution in [-0.2, 0) is 0 Å². The molecule has 2 rings (SSSR count). The standard InChI is InChI=1S/C16H23ClN2.2ClH/c1-3-4-5-16(19-10-8-18-9-11-19)14-7-6-13(2)15(17)12-14;;/h3,6-7,12,16,18H,1,4-5,8-11H2,2H3;2*1H/t16-;;/m0../s1. The van der Waals surface area contributed by atoms with Gasteiger partial charge < -0.3 is 5.32 Å². The van der Waals surface area contributed by atoms with Crippen LogP contribution >= 0.6 is 36.4 Å². The number of hydrogen-bond acceptors (Lipinski definition) is 2. The maximum absolute atomic E-state index is 6.28. The summed E-state index contributed by atoms with van der Waals surface area (Å²) in [6.45, 7) is 10.3. The minimum atomic E-state index is 0. The molecule has 1 aliphatic heterocycles. The van der Waals surface area contributed by atoms with Crippen molar-refractivity contribution in [2.75, 3.05) is 26.2 Å². The van der Waals surface area contributed by atoms with Crippen molar-refractivity contribution in [3.63, 3.8) is 0 Å². The molecule has 5 heteroatoms. The molecule has 1 saturated heterocycles. The van der Waals surface area contributed by atoms with Crippen LogP contribution in [0.1, 0.15) is 30.0 Å². The first-order chi connectivity index (χ1) is 9.22. The third-order valence-corrected chi connectivity index (χ3v) is 4.22. The Hall–Kier alpha value is -0.250. The lowest BCUT2D eigenvalue weighted by atomic mass is 9.98. The van der Waals surface area contributed by atoms with Gasteiger partial charge in [0.05, 0.1) is 0 Å². The second-order valence-electron chi connectivity index (χ2n) is 5.18. The number of nitrogens with one attached hydrogen (secondary N) is 1. The molecule has 1 N–H and O–H groups in total. The van der Waals surface area contributed by atoms with Gasteiger partial charge in [-0.25, -0.2) is 0 Å². The average Bonchev–Trinajstić information content (AvgIpc) is 2.44. The summed E-state index contributed by atoms with van der Waals surface area (Å²) in [5.74, 6) is 0. The monoisotopic (exact) mass is 350 g/mol. The van der Waals surface area contributed by atoms with Crippen molar-refractivity contribution in [1.29, 1.82) is 0 Å². The quantitative estimate of drug-likeness (QED) is 0.791. The highest BCUT2D eigenvalue weighted by Gasteiger charge is 2.21. The van der Waals surface area contributed by atoms with Crippen molar-refractivity contribution in [3.8, 4) is 0 Å². The third kappa shape index (κ3) is 5.80. The summed E-state index contributed by atoms with van der Waals surface area (Å²) in [5, 5.41) is 4.28. The van der Waals surface area contributed by atoms with Crippen LogP contribution in [-0.4, -0.2) is 31.1 Å². The Kier molecular flexibility index (Phi) is 10.3. The Balaban J connectivity index is 0.00000200. The fraction of sp³-hybridized carbons (Fsp3) is 0.500. The molecule has 1 fully saturated rings. The molecule has 0 saturated carbocycles. The second-order valence-corrected chi connectivity index (χ2v) is 5.58. The Labute approximate surface area is 145 Å². The fourth-order valence-electron chi connectivity index (χ4n) is 2.65. The summed E-state index contributed by atoms with van der Waals surface area (Å²) in [4.78, 5) is 2.56. The molecule has 0 spiro atoms. The summed E-state index contributed by atoms with van der Waals surface area (Å²) >= 11 is 6.28. The number of allylic oxidation sites excluding steroid dienone is 1. The van der Waals surface area contributed by atoms with Crippen molar-refractivity contribution in [3.05, 3.63) is 47.0 Å². The van der Waals surface area contributed by atoms with E-state index >= 15 is 0 Å². The van der Waals surface area contributed by atoms with Crippen LogP contribution in [0.15, 0.2) is 30.9 Å². The number of nitrogens with zero attached hydrogens (tertiary/aromatic N) is 1. The van der Waals surface area contributed by atoms with Crippen molar-refractivity contribution < 1.29 is 0 Å². The zero-order valence-electron chi connectivity index (χ0n) is 12.5. The van der Waals surface area contributed by atoms with E-state index in [2.05, 4.69) is 41.9 Å². The van der Waals surface area contributed by atoms with E-state index in [9.17, 15) is 0 Å². The van der Waals surface area contributed by atoms with Gasteiger partial charge in [-0.15, -0.1) is 31.4 Å². The van der Waals surface area contributed by atoms with Gasteiger partial charge in [0.15, 0.2) is 0 Å². The molecular formula is C16H25Cl3N2. The number of halogens is 3. The van der Waals surface area contributed by atoms with Crippen LogP contribution in [0.2, 0.25) is 5.02 Å². The van der Waals surface area contributed by atoms with Gasteiger partial charge in [-0.2, -0.15) is 0 Å². The minimum Gasteiger partial charge on any atom is -0.314 e. The largest absolute Gasteiger partial charge is 0.314 e. The van der Waals surface area contributed by atoms with Crippen LogP contribution in [0.5, 0.6) is 0 Å². The van der Waals surface area contributed by atoms with Gasteiger partial charge in [-0.05, 0) is 37.0 Å². The molecule has 0 aromatic heterocycles. The van der Waals surface area contributed by atoms with E-state index in [0.717, 1.165) is 49.6 Å². The average molecular weight is 352 g/mol. The van der Waals surface area contributed by atoms with E-state index in [1.807, 2.05) is 6.08 Å². The number of aryl methyl sites for hydroxylation is 1. The molecule has 120 valence electrons. The molecule has 1 aromatic rings. The second kappa shape index (κ2) is 10.5. The highest BCUT2D eigenvalue weighted by atomic mass is 35.5. The first-order valence-corrected chi connectivity index (χ1v) is 7.42. The fourth-order valence-corrected chi connectivity index (χ4v) is 2.83. The first-order valence-electron chi connectivity index (χ1n) is 7.04. The van der Waals surface area contributed by atoms with E-state index in [4.69, 9.17) is 11.6 Å². The lowest BCUT2D eigenvalue weighted by molar-refractivity contribution is 0.166. The number of benzene rings is 1. The zero-order valence-corrected chi connectivity index (χ0v) is 14.9. The maximum atomic E-state index is 6.28. The molecule has 0 bridgehead atoms.